The second kappa shape index (κ2) is 6.45. The number of primary amides is 2. The molecule has 0 spiro atoms. The van der Waals surface area contributed by atoms with E-state index in [-0.39, 0.29) is 0 Å². The Morgan fingerprint density at radius 1 is 0.880 bits per heavy atom. The fraction of sp³-hybridized carbons (Fsp3) is 0. The van der Waals surface area contributed by atoms with Gasteiger partial charge >= 0.3 is 0 Å². The molecule has 0 unspecified atom stereocenters. The molecule has 124 valence electrons. The van der Waals surface area contributed by atoms with E-state index >= 15 is 0 Å². The van der Waals surface area contributed by atoms with Crippen LogP contribution in [0.15, 0.2) is 59.7 Å². The van der Waals surface area contributed by atoms with E-state index in [4.69, 9.17) is 17.3 Å². The minimum Gasteiger partial charge on any atom is -0.366 e. The number of fused-ring (bicyclic) bond motifs is 1. The Morgan fingerprint density at radius 2 is 1.60 bits per heavy atom. The van der Waals surface area contributed by atoms with Gasteiger partial charge in [-0.1, -0.05) is 30.3 Å². The molecule has 6 N–H and O–H groups in total. The summed E-state index contributed by atoms with van der Waals surface area (Å²) in [6.45, 7) is 0. The van der Waals surface area contributed by atoms with Gasteiger partial charge in [-0.05, 0) is 46.2 Å². The molecule has 0 aliphatic carbocycles. The molecule has 25 heavy (non-hydrogen) atoms. The molecule has 6 nitrogen and oxygen atoms in total. The second-order valence-electron chi connectivity index (χ2n) is 5.55. The molecule has 3 rings (SSSR count). The van der Waals surface area contributed by atoms with E-state index in [0.29, 0.717) is 16.7 Å². The van der Waals surface area contributed by atoms with Gasteiger partial charge in [0.05, 0.1) is 6.21 Å². The summed E-state index contributed by atoms with van der Waals surface area (Å²) >= 11 is 0. The predicted octanol–water partition coefficient (Wildman–Crippen LogP) is 2.00. The van der Waals surface area contributed by atoms with Crippen molar-refractivity contribution in [2.24, 2.45) is 22.4 Å². The maximum absolute atomic E-state index is 11.9. The number of nitrogens with zero attached hydrogens (tertiary/aromatic N) is 1. The largest absolute Gasteiger partial charge is 0.366 e. The summed E-state index contributed by atoms with van der Waals surface area (Å²) in [5, 5.41) is 5.29. The van der Waals surface area contributed by atoms with Crippen LogP contribution in [0, 0.1) is 0 Å². The summed E-state index contributed by atoms with van der Waals surface area (Å²) in [4.78, 5) is 23.2. The number of hydrogen-bond donors (Lipinski definition) is 3. The summed E-state index contributed by atoms with van der Waals surface area (Å²) in [5.41, 5.74) is 13.9. The Kier molecular flexibility index (Phi) is 4.18. The molecule has 3 aromatic carbocycles. The number of carbonyl (C=O) groups excluding carboxylic acids is 2. The van der Waals surface area contributed by atoms with Gasteiger partial charge in [-0.2, -0.15) is 5.10 Å². The van der Waals surface area contributed by atoms with E-state index in [0.717, 1.165) is 21.9 Å². The van der Waals surface area contributed by atoms with Gasteiger partial charge in [-0.15, -0.1) is 0 Å². The lowest BCUT2D eigenvalue weighted by Gasteiger charge is -2.12. The molecule has 0 radical (unpaired) electrons. The fourth-order valence-corrected chi connectivity index (χ4v) is 2.83. The van der Waals surface area contributed by atoms with Crippen molar-refractivity contribution in [2.45, 2.75) is 0 Å². The lowest BCUT2D eigenvalue weighted by atomic mass is 9.91. The van der Waals surface area contributed by atoms with E-state index in [1.165, 1.54) is 0 Å². The fourth-order valence-electron chi connectivity index (χ4n) is 2.83. The van der Waals surface area contributed by atoms with E-state index < -0.39 is 11.8 Å². The molecule has 3 aromatic rings. The SMILES string of the molecule is NN=Cc1ccc2c(-c3ccc(C(N)=O)cc3)c(C(N)=O)ccc2c1. The maximum atomic E-state index is 11.9. The Balaban J connectivity index is 2.27. The molecule has 2 amide bonds. The van der Waals surface area contributed by atoms with E-state index in [1.54, 1.807) is 36.5 Å². The van der Waals surface area contributed by atoms with Crippen LogP contribution in [0.25, 0.3) is 21.9 Å². The maximum Gasteiger partial charge on any atom is 0.249 e. The third-order valence-corrected chi connectivity index (χ3v) is 3.99. The van der Waals surface area contributed by atoms with E-state index in [2.05, 4.69) is 5.10 Å². The highest BCUT2D eigenvalue weighted by Gasteiger charge is 2.14. The van der Waals surface area contributed by atoms with Crippen molar-refractivity contribution in [1.82, 2.24) is 0 Å². The molecular weight excluding hydrogens is 316 g/mol. The van der Waals surface area contributed by atoms with Crippen LogP contribution in [-0.2, 0) is 0 Å². The minimum atomic E-state index is -0.525. The zero-order valence-electron chi connectivity index (χ0n) is 13.3. The van der Waals surface area contributed by atoms with Crippen LogP contribution in [0.4, 0.5) is 0 Å². The first kappa shape index (κ1) is 16.2. The lowest BCUT2D eigenvalue weighted by molar-refractivity contribution is 0.0992. The Bertz CT molecular complexity index is 1010. The summed E-state index contributed by atoms with van der Waals surface area (Å²) < 4.78 is 0. The van der Waals surface area contributed by atoms with Crippen LogP contribution in [0.5, 0.6) is 0 Å². The van der Waals surface area contributed by atoms with E-state index in [1.807, 2.05) is 24.3 Å². The van der Waals surface area contributed by atoms with Crippen LogP contribution in [0.3, 0.4) is 0 Å². The van der Waals surface area contributed by atoms with Gasteiger partial charge in [-0.25, -0.2) is 0 Å². The van der Waals surface area contributed by atoms with Crippen molar-refractivity contribution in [3.05, 3.63) is 71.3 Å². The Morgan fingerprint density at radius 3 is 2.20 bits per heavy atom. The van der Waals surface area contributed by atoms with Crippen molar-refractivity contribution in [1.29, 1.82) is 0 Å². The topological polar surface area (TPSA) is 125 Å². The number of rotatable bonds is 4. The third kappa shape index (κ3) is 3.05. The van der Waals surface area contributed by atoms with Gasteiger partial charge in [0.15, 0.2) is 0 Å². The standard InChI is InChI=1S/C19H16N4O2/c20-18(24)13-4-2-12(3-5-13)17-15-7-1-11(10-23-22)9-14(15)6-8-16(17)19(21)25/h1-10H,22H2,(H2,20,24)(H2,21,25). The van der Waals surface area contributed by atoms with Crippen LogP contribution in [0.1, 0.15) is 26.3 Å². The summed E-state index contributed by atoms with van der Waals surface area (Å²) in [6, 6.07) is 15.9. The molecule has 0 aliphatic rings. The van der Waals surface area contributed by atoms with Crippen LogP contribution in [-0.4, -0.2) is 18.0 Å². The summed E-state index contributed by atoms with van der Waals surface area (Å²) in [6.07, 6.45) is 1.54. The van der Waals surface area contributed by atoms with Gasteiger partial charge in [0.1, 0.15) is 0 Å². The summed E-state index contributed by atoms with van der Waals surface area (Å²) in [5.74, 6) is 4.16. The van der Waals surface area contributed by atoms with Gasteiger partial charge < -0.3 is 17.3 Å². The van der Waals surface area contributed by atoms with Crippen LogP contribution < -0.4 is 17.3 Å². The highest BCUT2D eigenvalue weighted by atomic mass is 16.1. The zero-order valence-corrected chi connectivity index (χ0v) is 13.3. The normalized spacial score (nSPS) is 11.0. The molecule has 0 atom stereocenters. The number of benzene rings is 3. The zero-order chi connectivity index (χ0) is 18.0. The van der Waals surface area contributed by atoms with Crippen molar-refractivity contribution in [3.8, 4) is 11.1 Å². The van der Waals surface area contributed by atoms with Crippen molar-refractivity contribution in [3.63, 3.8) is 0 Å². The Hall–Kier alpha value is -3.67. The predicted molar refractivity (Wildman–Crippen MR) is 98.2 cm³/mol. The van der Waals surface area contributed by atoms with Gasteiger partial charge in [-0.3, -0.25) is 9.59 Å². The Labute approximate surface area is 143 Å². The first-order valence-electron chi connectivity index (χ1n) is 7.51. The molecule has 6 heteroatoms. The highest BCUT2D eigenvalue weighted by Crippen LogP contribution is 2.32. The number of nitrogens with two attached hydrogens (primary N) is 3. The molecular formula is C19H16N4O2. The van der Waals surface area contributed by atoms with Gasteiger partial charge in [0.2, 0.25) is 11.8 Å². The molecule has 0 saturated carbocycles. The first-order valence-corrected chi connectivity index (χ1v) is 7.51. The highest BCUT2D eigenvalue weighted by molar-refractivity contribution is 6.10. The average Bonchev–Trinajstić information content (AvgIpc) is 2.60. The third-order valence-electron chi connectivity index (χ3n) is 3.99. The molecule has 0 aliphatic heterocycles. The smallest absolute Gasteiger partial charge is 0.249 e. The quantitative estimate of drug-likeness (QED) is 0.384. The van der Waals surface area contributed by atoms with Crippen molar-refractivity contribution >= 4 is 28.8 Å². The monoisotopic (exact) mass is 332 g/mol. The van der Waals surface area contributed by atoms with Crippen molar-refractivity contribution < 1.29 is 9.59 Å². The summed E-state index contributed by atoms with van der Waals surface area (Å²) in [7, 11) is 0. The van der Waals surface area contributed by atoms with Gasteiger partial charge in [0.25, 0.3) is 0 Å². The average molecular weight is 332 g/mol. The lowest BCUT2D eigenvalue weighted by Crippen LogP contribution is -2.13. The molecule has 0 aromatic heterocycles. The number of carbonyl (C=O) groups is 2. The number of hydrazone groups is 1. The van der Waals surface area contributed by atoms with Crippen LogP contribution >= 0.6 is 0 Å². The molecule has 0 bridgehead atoms. The molecule has 0 saturated heterocycles. The van der Waals surface area contributed by atoms with Crippen molar-refractivity contribution in [2.75, 3.05) is 0 Å². The van der Waals surface area contributed by atoms with E-state index in [9.17, 15) is 9.59 Å². The first-order chi connectivity index (χ1) is 12.0. The second-order valence-corrected chi connectivity index (χ2v) is 5.55. The minimum absolute atomic E-state index is 0.394. The number of hydrogen-bond acceptors (Lipinski definition) is 4. The molecule has 0 fully saturated rings. The number of amides is 2. The van der Waals surface area contributed by atoms with Gasteiger partial charge in [0, 0.05) is 16.7 Å². The van der Waals surface area contributed by atoms with Crippen LogP contribution in [0.2, 0.25) is 0 Å². The molecule has 0 heterocycles.